The van der Waals surface area contributed by atoms with Crippen LogP contribution in [0.2, 0.25) is 78.6 Å². The fourth-order valence-electron chi connectivity index (χ4n) is 2.74. The van der Waals surface area contributed by atoms with Crippen molar-refractivity contribution < 1.29 is 18.4 Å². The summed E-state index contributed by atoms with van der Waals surface area (Å²) in [6, 6.07) is -0.482. The number of nitrogens with one attached hydrogen (secondary N) is 2. The minimum atomic E-state index is -1.91. The summed E-state index contributed by atoms with van der Waals surface area (Å²) in [5, 5.41) is 0. The third kappa shape index (κ3) is 18.8. The predicted octanol–water partition coefficient (Wildman–Crippen LogP) is 5.49. The van der Waals surface area contributed by atoms with E-state index in [0.717, 1.165) is 24.3 Å². The van der Waals surface area contributed by atoms with Crippen LogP contribution in [0.5, 0.6) is 0 Å². The topological polar surface area (TPSA) is 76.7 Å². The van der Waals surface area contributed by atoms with Crippen molar-refractivity contribution in [2.45, 2.75) is 103 Å². The molecule has 0 aliphatic carbocycles. The average molecular weight is 557 g/mol. The third-order valence-electron chi connectivity index (χ3n) is 3.66. The Kier molecular flexibility index (Phi) is 13.7. The second kappa shape index (κ2) is 13.5. The van der Waals surface area contributed by atoms with Crippen molar-refractivity contribution in [3.05, 3.63) is 0 Å². The van der Waals surface area contributed by atoms with Gasteiger partial charge in [-0.25, -0.2) is 0 Å². The van der Waals surface area contributed by atoms with Crippen LogP contribution in [0.1, 0.15) is 12.8 Å². The van der Waals surface area contributed by atoms with Gasteiger partial charge in [-0.2, -0.15) is 0 Å². The lowest BCUT2D eigenvalue weighted by Crippen LogP contribution is -2.53. The summed E-state index contributed by atoms with van der Waals surface area (Å²) in [4.78, 5) is 32.4. The molecule has 0 spiro atoms. The van der Waals surface area contributed by atoms with Gasteiger partial charge in [0.25, 0.3) is 0 Å². The summed E-state index contributed by atoms with van der Waals surface area (Å²) in [5.74, 6) is 1.51. The molecule has 32 heavy (non-hydrogen) atoms. The largest absolute Gasteiger partial charge is 0.519 e. The molecule has 0 aliphatic heterocycles. The summed E-state index contributed by atoms with van der Waals surface area (Å²) in [5.41, 5.74) is 0. The molecule has 0 aliphatic rings. The molecule has 0 amide bonds. The molecule has 2 atom stereocenters. The van der Waals surface area contributed by atoms with Gasteiger partial charge in [-0.05, 0) is 52.1 Å². The Morgan fingerprint density at radius 3 is 1.12 bits per heavy atom. The highest BCUT2D eigenvalue weighted by Crippen LogP contribution is 2.25. The molecule has 0 radical (unpaired) electrons. The number of carbonyl (C=O) groups is 2. The van der Waals surface area contributed by atoms with Crippen molar-refractivity contribution in [1.29, 1.82) is 0 Å². The van der Waals surface area contributed by atoms with Gasteiger partial charge in [0.2, 0.25) is 16.6 Å². The van der Waals surface area contributed by atoms with E-state index < -0.39 is 33.1 Å². The third-order valence-corrected chi connectivity index (χ3v) is 10.2. The van der Waals surface area contributed by atoms with Crippen LogP contribution in [0.25, 0.3) is 0 Å². The highest BCUT2D eigenvalue weighted by molar-refractivity contribution is 8.76. The second-order valence-electron chi connectivity index (χ2n) is 12.2. The van der Waals surface area contributed by atoms with Crippen LogP contribution in [0.4, 0.5) is 0 Å². The molecule has 0 aromatic rings. The molecule has 0 rings (SSSR count). The number of hydrogen-bond acceptors (Lipinski definition) is 8. The van der Waals surface area contributed by atoms with Crippen molar-refractivity contribution >= 4 is 66.6 Å². The lowest BCUT2D eigenvalue weighted by Gasteiger charge is -2.29. The van der Waals surface area contributed by atoms with Gasteiger partial charge in [0.1, 0.15) is 16.5 Å². The SMILES string of the molecule is C[Si](C)(C)NC(CCSSCCC(N[Si](C)(C)C)C(=O)O[Si](C)(C)C)C(=O)O[Si](C)(C)C. The second-order valence-corrected chi connectivity index (χ2v) is 33.3. The lowest BCUT2D eigenvalue weighted by molar-refractivity contribution is -0.138. The first-order valence-electron chi connectivity index (χ1n) is 11.4. The summed E-state index contributed by atoms with van der Waals surface area (Å²) in [7, 11) is -3.51. The van der Waals surface area contributed by atoms with Crippen molar-refractivity contribution in [3.63, 3.8) is 0 Å². The van der Waals surface area contributed by atoms with Crippen LogP contribution in [0.3, 0.4) is 0 Å². The predicted molar refractivity (Wildman–Crippen MR) is 154 cm³/mol. The number of carbonyl (C=O) groups excluding carboxylic acids is 2. The molecule has 0 saturated heterocycles. The summed E-state index contributed by atoms with van der Waals surface area (Å²) in [6.45, 7) is 25.5. The Hall–Kier alpha value is 0.428. The first kappa shape index (κ1) is 32.4. The Labute approximate surface area is 209 Å². The molecule has 0 aromatic carbocycles. The van der Waals surface area contributed by atoms with Crippen LogP contribution in [-0.2, 0) is 18.4 Å². The van der Waals surface area contributed by atoms with Gasteiger partial charge in [-0.15, -0.1) is 0 Å². The maximum atomic E-state index is 12.7. The first-order valence-corrected chi connectivity index (χ1v) is 27.7. The van der Waals surface area contributed by atoms with Gasteiger partial charge < -0.3 is 18.8 Å². The van der Waals surface area contributed by atoms with E-state index in [4.69, 9.17) is 8.85 Å². The molecule has 2 unspecified atom stereocenters. The number of hydrogen-bond donors (Lipinski definition) is 2. The zero-order valence-electron chi connectivity index (χ0n) is 22.4. The Bertz CT molecular complexity index is 548. The molecule has 0 bridgehead atoms. The van der Waals surface area contributed by atoms with Crippen LogP contribution in [-0.4, -0.2) is 68.6 Å². The van der Waals surface area contributed by atoms with E-state index in [1.807, 2.05) is 39.3 Å². The van der Waals surface area contributed by atoms with Crippen LogP contribution >= 0.6 is 21.6 Å². The van der Waals surface area contributed by atoms with E-state index in [2.05, 4.69) is 49.2 Å². The fourth-order valence-corrected chi connectivity index (χ4v) is 9.03. The van der Waals surface area contributed by atoms with E-state index in [0.29, 0.717) is 0 Å². The van der Waals surface area contributed by atoms with E-state index in [1.54, 1.807) is 21.6 Å². The molecule has 12 heteroatoms. The molecule has 6 nitrogen and oxygen atoms in total. The van der Waals surface area contributed by atoms with Crippen LogP contribution in [0, 0.1) is 0 Å². The quantitative estimate of drug-likeness (QED) is 0.156. The Morgan fingerprint density at radius 1 is 0.625 bits per heavy atom. The normalized spacial score (nSPS) is 15.2. The smallest absolute Gasteiger partial charge is 0.309 e. The maximum Gasteiger partial charge on any atom is 0.309 e. The molecule has 2 N–H and O–H groups in total. The van der Waals surface area contributed by atoms with Crippen molar-refractivity contribution in [1.82, 2.24) is 9.96 Å². The van der Waals surface area contributed by atoms with Crippen molar-refractivity contribution in [2.24, 2.45) is 0 Å². The monoisotopic (exact) mass is 556 g/mol. The Balaban J connectivity index is 4.68. The van der Waals surface area contributed by atoms with E-state index >= 15 is 0 Å². The van der Waals surface area contributed by atoms with Crippen LogP contribution in [0.15, 0.2) is 0 Å². The molecule has 0 aromatic heterocycles. The summed E-state index contributed by atoms with van der Waals surface area (Å²) >= 11 is 0. The number of rotatable bonds is 15. The van der Waals surface area contributed by atoms with Gasteiger partial charge in [-0.3, -0.25) is 9.59 Å². The van der Waals surface area contributed by atoms with Gasteiger partial charge in [0.05, 0.1) is 12.1 Å². The minimum Gasteiger partial charge on any atom is -0.519 e. The minimum absolute atomic E-state index is 0.106. The zero-order chi connectivity index (χ0) is 25.4. The van der Waals surface area contributed by atoms with Gasteiger partial charge in [0, 0.05) is 11.5 Å². The van der Waals surface area contributed by atoms with Crippen LogP contribution < -0.4 is 9.96 Å². The fraction of sp³-hybridized carbons (Fsp3) is 0.900. The highest BCUT2D eigenvalue weighted by atomic mass is 33.1. The molecule has 0 fully saturated rings. The molecule has 0 saturated carbocycles. The molecular formula is C20H48N2O4S2Si4. The van der Waals surface area contributed by atoms with E-state index in [-0.39, 0.29) is 24.0 Å². The Morgan fingerprint density at radius 2 is 0.906 bits per heavy atom. The van der Waals surface area contributed by atoms with Crippen molar-refractivity contribution in [3.8, 4) is 0 Å². The average Bonchev–Trinajstić information content (AvgIpc) is 2.50. The van der Waals surface area contributed by atoms with Gasteiger partial charge in [0.15, 0.2) is 0 Å². The molecule has 0 heterocycles. The summed E-state index contributed by atoms with van der Waals surface area (Å²) in [6.07, 6.45) is 1.50. The molecular weight excluding hydrogens is 509 g/mol. The van der Waals surface area contributed by atoms with Crippen molar-refractivity contribution in [2.75, 3.05) is 11.5 Å². The maximum absolute atomic E-state index is 12.7. The van der Waals surface area contributed by atoms with Gasteiger partial charge >= 0.3 is 11.9 Å². The highest BCUT2D eigenvalue weighted by Gasteiger charge is 2.31. The lowest BCUT2D eigenvalue weighted by atomic mass is 10.2. The molecule has 190 valence electrons. The summed E-state index contributed by atoms with van der Waals surface area (Å²) < 4.78 is 11.5. The van der Waals surface area contributed by atoms with E-state index in [9.17, 15) is 9.59 Å². The zero-order valence-corrected chi connectivity index (χ0v) is 28.1. The standard InChI is InChI=1S/C20H48N2O4S2Si4/c1-29(2,3)21-17(19(23)25-31(7,8)9)13-15-27-28-16-14-18(22-30(4,5)6)20(24)26-32(10,11)12/h17-18,21-22H,13-16H2,1-12H3. The van der Waals surface area contributed by atoms with E-state index in [1.165, 1.54) is 0 Å². The van der Waals surface area contributed by atoms with Gasteiger partial charge in [-0.1, -0.05) is 60.9 Å². The first-order chi connectivity index (χ1) is 14.2.